The first-order valence-corrected chi connectivity index (χ1v) is 8.90. The van der Waals surface area contributed by atoms with Crippen LogP contribution in [0.4, 0.5) is 23.7 Å². The summed E-state index contributed by atoms with van der Waals surface area (Å²) in [6, 6.07) is 5.50. The lowest BCUT2D eigenvalue weighted by molar-refractivity contribution is -0.205. The number of hydrogen-bond acceptors (Lipinski definition) is 6. The smallest absolute Gasteiger partial charge is 0.442 e. The predicted molar refractivity (Wildman–Crippen MR) is 96.0 cm³/mol. The monoisotopic (exact) mass is 406 g/mol. The lowest BCUT2D eigenvalue weighted by Gasteiger charge is -2.34. The molecule has 1 rings (SSSR count). The van der Waals surface area contributed by atoms with Gasteiger partial charge in [0.2, 0.25) is 0 Å². The van der Waals surface area contributed by atoms with E-state index in [1.807, 2.05) is 12.2 Å². The maximum atomic E-state index is 13.9. The molecule has 0 fully saturated rings. The number of rotatable bonds is 10. The highest BCUT2D eigenvalue weighted by atomic mass is 19.4. The Morgan fingerprint density at radius 1 is 1.00 bits per heavy atom. The molecule has 7 nitrogen and oxygen atoms in total. The minimum atomic E-state index is -5.22. The molecule has 10 heteroatoms. The van der Waals surface area contributed by atoms with Crippen LogP contribution in [0.2, 0.25) is 0 Å². The summed E-state index contributed by atoms with van der Waals surface area (Å²) < 4.78 is 56.1. The van der Waals surface area contributed by atoms with Crippen molar-refractivity contribution in [1.29, 1.82) is 0 Å². The standard InChI is InChI=1S/C18H25F3N2O5/c1-4-7-12-28-14-10-8-13(9-11-14)22-17(18(19,20)21,15(24)26-5-2)23-16(25)27-6-3/h8-11,22H,4-7,12H2,1-3H3,(H,23,25)/t17-/m1/s1. The molecule has 2 N–H and O–H groups in total. The highest BCUT2D eigenvalue weighted by Crippen LogP contribution is 2.33. The first-order chi connectivity index (χ1) is 13.2. The molecule has 1 aromatic rings. The molecule has 1 amide bonds. The van der Waals surface area contributed by atoms with Gasteiger partial charge < -0.3 is 19.5 Å². The molecular weight excluding hydrogens is 381 g/mol. The van der Waals surface area contributed by atoms with E-state index >= 15 is 0 Å². The van der Waals surface area contributed by atoms with Crippen LogP contribution in [0.3, 0.4) is 0 Å². The lowest BCUT2D eigenvalue weighted by Crippen LogP contribution is -2.69. The SMILES string of the molecule is CCCCOc1ccc(N[C@@](NC(=O)OCC)(C(=O)OCC)C(F)(F)F)cc1. The molecule has 0 spiro atoms. The minimum absolute atomic E-state index is 0.0787. The number of anilines is 1. The number of ether oxygens (including phenoxy) is 3. The molecule has 0 aliphatic heterocycles. The van der Waals surface area contributed by atoms with E-state index in [1.165, 1.54) is 38.1 Å². The van der Waals surface area contributed by atoms with E-state index in [2.05, 4.69) is 9.47 Å². The number of alkyl carbamates (subject to hydrolysis) is 1. The molecule has 0 saturated carbocycles. The van der Waals surface area contributed by atoms with Crippen molar-refractivity contribution in [2.75, 3.05) is 25.1 Å². The largest absolute Gasteiger partial charge is 0.494 e. The number of halogens is 3. The summed E-state index contributed by atoms with van der Waals surface area (Å²) in [6.07, 6.45) is -4.86. The fourth-order valence-electron chi connectivity index (χ4n) is 2.14. The third kappa shape index (κ3) is 6.21. The molecule has 0 bridgehead atoms. The van der Waals surface area contributed by atoms with Crippen LogP contribution in [0, 0.1) is 0 Å². The Bertz CT molecular complexity index is 637. The van der Waals surface area contributed by atoms with Crippen molar-refractivity contribution in [3.63, 3.8) is 0 Å². The first-order valence-electron chi connectivity index (χ1n) is 8.90. The number of carbonyl (C=O) groups excluding carboxylic acids is 2. The Hall–Kier alpha value is -2.65. The van der Waals surface area contributed by atoms with E-state index in [-0.39, 0.29) is 18.9 Å². The average Bonchev–Trinajstić information content (AvgIpc) is 2.62. The molecule has 28 heavy (non-hydrogen) atoms. The number of hydrogen-bond donors (Lipinski definition) is 2. The second-order valence-corrected chi connectivity index (χ2v) is 5.67. The highest BCUT2D eigenvalue weighted by molar-refractivity contribution is 5.89. The van der Waals surface area contributed by atoms with Gasteiger partial charge in [-0.1, -0.05) is 13.3 Å². The van der Waals surface area contributed by atoms with E-state index in [9.17, 15) is 22.8 Å². The van der Waals surface area contributed by atoms with Crippen LogP contribution in [0.5, 0.6) is 5.75 Å². The van der Waals surface area contributed by atoms with Crippen molar-refractivity contribution in [3.8, 4) is 5.75 Å². The van der Waals surface area contributed by atoms with Crippen molar-refractivity contribution in [1.82, 2.24) is 5.32 Å². The molecular formula is C18H25F3N2O5. The fraction of sp³-hybridized carbons (Fsp3) is 0.556. The maximum absolute atomic E-state index is 13.9. The summed E-state index contributed by atoms with van der Waals surface area (Å²) in [5.74, 6) is -1.25. The van der Waals surface area contributed by atoms with Crippen LogP contribution < -0.4 is 15.4 Å². The van der Waals surface area contributed by atoms with Gasteiger partial charge >= 0.3 is 23.9 Å². The van der Waals surface area contributed by atoms with Gasteiger partial charge in [-0.05, 0) is 44.5 Å². The number of esters is 1. The highest BCUT2D eigenvalue weighted by Gasteiger charge is 2.64. The molecule has 0 unspecified atom stereocenters. The van der Waals surface area contributed by atoms with E-state index in [0.29, 0.717) is 12.4 Å². The summed E-state index contributed by atoms with van der Waals surface area (Å²) in [5, 5.41) is 3.59. The maximum Gasteiger partial charge on any atom is 0.442 e. The van der Waals surface area contributed by atoms with Crippen LogP contribution in [0.25, 0.3) is 0 Å². The zero-order chi connectivity index (χ0) is 21.2. The number of alkyl halides is 3. The topological polar surface area (TPSA) is 85.9 Å². The number of amides is 1. The van der Waals surface area contributed by atoms with E-state index < -0.39 is 23.9 Å². The van der Waals surface area contributed by atoms with E-state index in [4.69, 9.17) is 4.74 Å². The fourth-order valence-corrected chi connectivity index (χ4v) is 2.14. The molecule has 1 atom stereocenters. The second kappa shape index (κ2) is 10.6. The van der Waals surface area contributed by atoms with Crippen LogP contribution in [0.15, 0.2) is 24.3 Å². The number of carbonyl (C=O) groups is 2. The van der Waals surface area contributed by atoms with Gasteiger partial charge in [-0.3, -0.25) is 5.32 Å². The van der Waals surface area contributed by atoms with Crippen LogP contribution in [-0.2, 0) is 14.3 Å². The van der Waals surface area contributed by atoms with Gasteiger partial charge in [-0.15, -0.1) is 0 Å². The zero-order valence-corrected chi connectivity index (χ0v) is 16.0. The number of nitrogens with one attached hydrogen (secondary N) is 2. The number of unbranched alkanes of at least 4 members (excludes halogenated alkanes) is 1. The molecule has 0 aliphatic carbocycles. The van der Waals surface area contributed by atoms with Crippen molar-refractivity contribution in [2.24, 2.45) is 0 Å². The molecule has 1 aromatic carbocycles. The third-order valence-corrected chi connectivity index (χ3v) is 3.52. The van der Waals surface area contributed by atoms with Gasteiger partial charge in [-0.25, -0.2) is 9.59 Å². The Kier molecular flexibility index (Phi) is 8.87. The normalized spacial score (nSPS) is 13.2. The first kappa shape index (κ1) is 23.4. The molecule has 0 aliphatic rings. The number of benzene rings is 1. The van der Waals surface area contributed by atoms with Crippen LogP contribution in [0.1, 0.15) is 33.6 Å². The summed E-state index contributed by atoms with van der Waals surface area (Å²) in [4.78, 5) is 23.9. The van der Waals surface area contributed by atoms with Gasteiger partial charge in [0.15, 0.2) is 0 Å². The molecule has 158 valence electrons. The van der Waals surface area contributed by atoms with Gasteiger partial charge in [0.25, 0.3) is 0 Å². The van der Waals surface area contributed by atoms with Crippen LogP contribution >= 0.6 is 0 Å². The zero-order valence-electron chi connectivity index (χ0n) is 16.0. The van der Waals surface area contributed by atoms with Gasteiger partial charge in [0, 0.05) is 5.69 Å². The summed E-state index contributed by atoms with van der Waals surface area (Å²) in [7, 11) is 0. The predicted octanol–water partition coefficient (Wildman–Crippen LogP) is 3.85. The van der Waals surface area contributed by atoms with Crippen molar-refractivity contribution in [2.45, 2.75) is 45.5 Å². The third-order valence-electron chi connectivity index (χ3n) is 3.52. The minimum Gasteiger partial charge on any atom is -0.494 e. The summed E-state index contributed by atoms with van der Waals surface area (Å²) in [6.45, 7) is 4.76. The summed E-state index contributed by atoms with van der Waals surface area (Å²) >= 11 is 0. The second-order valence-electron chi connectivity index (χ2n) is 5.67. The van der Waals surface area contributed by atoms with Crippen molar-refractivity contribution in [3.05, 3.63) is 24.3 Å². The van der Waals surface area contributed by atoms with Crippen molar-refractivity contribution >= 4 is 17.7 Å². The lowest BCUT2D eigenvalue weighted by atomic mass is 10.1. The van der Waals surface area contributed by atoms with Gasteiger partial charge in [-0.2, -0.15) is 13.2 Å². The van der Waals surface area contributed by atoms with E-state index in [0.717, 1.165) is 12.8 Å². The molecule has 0 radical (unpaired) electrons. The van der Waals surface area contributed by atoms with Gasteiger partial charge in [0.05, 0.1) is 19.8 Å². The van der Waals surface area contributed by atoms with E-state index in [1.54, 1.807) is 5.32 Å². The average molecular weight is 406 g/mol. The Balaban J connectivity index is 3.16. The van der Waals surface area contributed by atoms with Crippen molar-refractivity contribution < 1.29 is 37.0 Å². The Morgan fingerprint density at radius 3 is 2.11 bits per heavy atom. The Morgan fingerprint density at radius 2 is 1.61 bits per heavy atom. The van der Waals surface area contributed by atoms with Crippen LogP contribution in [-0.4, -0.2) is 43.7 Å². The molecule has 0 saturated heterocycles. The van der Waals surface area contributed by atoms with Gasteiger partial charge in [0.1, 0.15) is 5.75 Å². The molecule has 0 heterocycles. The molecule has 0 aromatic heterocycles. The Labute approximate surface area is 161 Å². The summed E-state index contributed by atoms with van der Waals surface area (Å²) in [5.41, 5.74) is -3.59. The quantitative estimate of drug-likeness (QED) is 0.349.